The number of aromatic nitrogens is 6. The van der Waals surface area contributed by atoms with Gasteiger partial charge in [0.15, 0.2) is 5.75 Å². The van der Waals surface area contributed by atoms with Crippen molar-refractivity contribution in [2.45, 2.75) is 59.4 Å². The molecule has 3 atom stereocenters. The van der Waals surface area contributed by atoms with Gasteiger partial charge in [0.2, 0.25) is 11.6 Å². The molecule has 1 aliphatic rings. The summed E-state index contributed by atoms with van der Waals surface area (Å²) in [5, 5.41) is 21.6. The molecule has 184 valence electrons. The van der Waals surface area contributed by atoms with E-state index in [1.165, 1.54) is 4.90 Å². The van der Waals surface area contributed by atoms with Crippen molar-refractivity contribution in [3.63, 3.8) is 0 Å². The predicted molar refractivity (Wildman–Crippen MR) is 125 cm³/mol. The van der Waals surface area contributed by atoms with Crippen LogP contribution >= 0.6 is 0 Å². The number of piperidine rings is 1. The van der Waals surface area contributed by atoms with Crippen LogP contribution in [0.5, 0.6) is 5.75 Å². The topological polar surface area (TPSA) is 132 Å². The van der Waals surface area contributed by atoms with E-state index in [2.05, 4.69) is 20.5 Å². The second-order valence-corrected chi connectivity index (χ2v) is 8.80. The molecule has 0 aliphatic carbocycles. The highest BCUT2D eigenvalue weighted by Gasteiger charge is 2.29. The molecule has 3 aromatic heterocycles. The van der Waals surface area contributed by atoms with E-state index in [1.807, 2.05) is 40.8 Å². The van der Waals surface area contributed by atoms with Gasteiger partial charge < -0.3 is 24.8 Å². The molecule has 1 fully saturated rings. The molecule has 3 aromatic rings. The van der Waals surface area contributed by atoms with Crippen LogP contribution in [0.2, 0.25) is 0 Å². The Morgan fingerprint density at radius 3 is 2.82 bits per heavy atom. The summed E-state index contributed by atoms with van der Waals surface area (Å²) in [4.78, 5) is 22.0. The van der Waals surface area contributed by atoms with Gasteiger partial charge in [-0.15, -0.1) is 5.10 Å². The molecular weight excluding hydrogens is 440 g/mol. The molecule has 4 heterocycles. The zero-order valence-electron chi connectivity index (χ0n) is 20.2. The number of fused-ring (bicyclic) bond motifs is 1. The van der Waals surface area contributed by atoms with Crippen molar-refractivity contribution < 1.29 is 19.4 Å². The lowest BCUT2D eigenvalue weighted by Gasteiger charge is -2.35. The van der Waals surface area contributed by atoms with Gasteiger partial charge in [-0.1, -0.05) is 6.92 Å². The molecule has 1 unspecified atom stereocenters. The zero-order valence-corrected chi connectivity index (χ0v) is 20.2. The minimum Gasteiger partial charge on any atom is -0.485 e. The molecule has 0 spiro atoms. The number of anilines is 1. The Morgan fingerprint density at radius 1 is 1.35 bits per heavy atom. The molecule has 0 saturated carbocycles. The van der Waals surface area contributed by atoms with Crippen molar-refractivity contribution in [1.82, 2.24) is 34.3 Å². The molecule has 0 radical (unpaired) electrons. The minimum atomic E-state index is -0.885. The number of hydrogen-bond acceptors (Lipinski definition) is 8. The van der Waals surface area contributed by atoms with Gasteiger partial charge in [-0.05, 0) is 40.0 Å². The average Bonchev–Trinajstić information content (AvgIpc) is 3.42. The van der Waals surface area contributed by atoms with Crippen molar-refractivity contribution in [3.8, 4) is 17.0 Å². The standard InChI is InChI=1S/C22H32N8O4/c1-6-33-15(5)29-11-16(9-24-29)18-19(34-13(2)3)20-26-21(27-30(20)12-23-18)25-17-7-8-28(22(31)32)10-14(17)4/h9,11-15,17H,6-8,10H2,1-5H3,(H,25,27)(H,31,32)/t14-,15?,17+/m1/s1. The van der Waals surface area contributed by atoms with Crippen LogP contribution in [0, 0.1) is 5.92 Å². The molecule has 1 aliphatic heterocycles. The maximum atomic E-state index is 11.3. The van der Waals surface area contributed by atoms with E-state index in [9.17, 15) is 9.90 Å². The lowest BCUT2D eigenvalue weighted by Crippen LogP contribution is -2.47. The maximum absolute atomic E-state index is 11.3. The van der Waals surface area contributed by atoms with Gasteiger partial charge in [-0.3, -0.25) is 0 Å². The number of rotatable bonds is 8. The summed E-state index contributed by atoms with van der Waals surface area (Å²) in [6.07, 6.45) is 4.71. The van der Waals surface area contributed by atoms with Crippen LogP contribution in [0.15, 0.2) is 18.7 Å². The Hall–Kier alpha value is -3.41. The fourth-order valence-corrected chi connectivity index (χ4v) is 4.12. The van der Waals surface area contributed by atoms with Crippen molar-refractivity contribution in [2.75, 3.05) is 25.0 Å². The number of nitrogens with one attached hydrogen (secondary N) is 1. The minimum absolute atomic E-state index is 0.0631. The summed E-state index contributed by atoms with van der Waals surface area (Å²) < 4.78 is 15.1. The lowest BCUT2D eigenvalue weighted by atomic mass is 9.94. The SMILES string of the molecule is CCOC(C)n1cc(-c2ncn3nc(N[C@H]4CCN(C(=O)O)C[C@H]4C)nc3c2OC(C)C)cn1. The van der Waals surface area contributed by atoms with Crippen molar-refractivity contribution in [1.29, 1.82) is 0 Å². The molecule has 34 heavy (non-hydrogen) atoms. The normalized spacial score (nSPS) is 19.5. The Morgan fingerprint density at radius 2 is 2.15 bits per heavy atom. The highest BCUT2D eigenvalue weighted by molar-refractivity contribution is 5.74. The average molecular weight is 473 g/mol. The second-order valence-electron chi connectivity index (χ2n) is 8.80. The van der Waals surface area contributed by atoms with Gasteiger partial charge in [-0.2, -0.15) is 14.6 Å². The van der Waals surface area contributed by atoms with Gasteiger partial charge in [0.1, 0.15) is 18.2 Å². The van der Waals surface area contributed by atoms with Gasteiger partial charge in [0.25, 0.3) is 0 Å². The van der Waals surface area contributed by atoms with Crippen LogP contribution < -0.4 is 10.1 Å². The highest BCUT2D eigenvalue weighted by Crippen LogP contribution is 2.33. The Labute approximate surface area is 197 Å². The Bertz CT molecular complexity index is 1140. The van der Waals surface area contributed by atoms with Crippen LogP contribution in [0.4, 0.5) is 10.7 Å². The van der Waals surface area contributed by atoms with Crippen molar-refractivity contribution >= 4 is 17.7 Å². The summed E-state index contributed by atoms with van der Waals surface area (Å²) in [6.45, 7) is 11.3. The molecule has 12 heteroatoms. The fourth-order valence-electron chi connectivity index (χ4n) is 4.12. The number of nitrogens with zero attached hydrogens (tertiary/aromatic N) is 7. The zero-order chi connectivity index (χ0) is 24.4. The first-order valence-electron chi connectivity index (χ1n) is 11.6. The molecule has 4 rings (SSSR count). The smallest absolute Gasteiger partial charge is 0.407 e. The third kappa shape index (κ3) is 4.91. The first-order chi connectivity index (χ1) is 16.3. The van der Waals surface area contributed by atoms with E-state index in [1.54, 1.807) is 21.7 Å². The van der Waals surface area contributed by atoms with Crippen LogP contribution in [0.3, 0.4) is 0 Å². The van der Waals surface area contributed by atoms with E-state index in [4.69, 9.17) is 14.5 Å². The van der Waals surface area contributed by atoms with E-state index in [0.717, 1.165) is 5.56 Å². The molecule has 2 N–H and O–H groups in total. The van der Waals surface area contributed by atoms with Gasteiger partial charge in [-0.25, -0.2) is 14.5 Å². The predicted octanol–water partition coefficient (Wildman–Crippen LogP) is 3.13. The maximum Gasteiger partial charge on any atom is 0.407 e. The van der Waals surface area contributed by atoms with E-state index >= 15 is 0 Å². The highest BCUT2D eigenvalue weighted by atomic mass is 16.5. The molecule has 1 saturated heterocycles. The van der Waals surface area contributed by atoms with Crippen LogP contribution in [0.25, 0.3) is 16.9 Å². The fraction of sp³-hybridized carbons (Fsp3) is 0.591. The summed E-state index contributed by atoms with van der Waals surface area (Å²) in [6, 6.07) is 0.0631. The largest absolute Gasteiger partial charge is 0.485 e. The first-order valence-corrected chi connectivity index (χ1v) is 11.6. The molecule has 0 bridgehead atoms. The van der Waals surface area contributed by atoms with Crippen molar-refractivity contribution in [3.05, 3.63) is 18.7 Å². The number of ether oxygens (including phenoxy) is 2. The molecular formula is C22H32N8O4. The summed E-state index contributed by atoms with van der Waals surface area (Å²) in [5.74, 6) is 1.10. The number of carbonyl (C=O) groups is 1. The quantitative estimate of drug-likeness (QED) is 0.507. The number of hydrogen-bond donors (Lipinski definition) is 2. The third-order valence-electron chi connectivity index (χ3n) is 5.84. The summed E-state index contributed by atoms with van der Waals surface area (Å²) >= 11 is 0. The van der Waals surface area contributed by atoms with Gasteiger partial charge in [0.05, 0.1) is 12.3 Å². The van der Waals surface area contributed by atoms with Crippen LogP contribution in [-0.4, -0.2) is 77.3 Å². The summed E-state index contributed by atoms with van der Waals surface area (Å²) in [5.41, 5.74) is 1.96. The number of amides is 1. The van der Waals surface area contributed by atoms with E-state index in [0.29, 0.717) is 49.2 Å². The monoisotopic (exact) mass is 472 g/mol. The van der Waals surface area contributed by atoms with Crippen LogP contribution in [-0.2, 0) is 4.74 Å². The van der Waals surface area contributed by atoms with E-state index < -0.39 is 6.09 Å². The van der Waals surface area contributed by atoms with Crippen molar-refractivity contribution in [2.24, 2.45) is 5.92 Å². The van der Waals surface area contributed by atoms with E-state index in [-0.39, 0.29) is 24.3 Å². The molecule has 12 nitrogen and oxygen atoms in total. The molecule has 0 aromatic carbocycles. The van der Waals surface area contributed by atoms with Crippen LogP contribution in [0.1, 0.15) is 47.3 Å². The third-order valence-corrected chi connectivity index (χ3v) is 5.84. The summed E-state index contributed by atoms with van der Waals surface area (Å²) in [7, 11) is 0. The molecule has 1 amide bonds. The first kappa shape index (κ1) is 23.7. The van der Waals surface area contributed by atoms with Gasteiger partial charge >= 0.3 is 6.09 Å². The number of carboxylic acid groups (broad SMARTS) is 1. The Balaban J connectivity index is 1.63. The van der Waals surface area contributed by atoms with Gasteiger partial charge in [0, 0.05) is 37.5 Å². The second kappa shape index (κ2) is 9.84. The Kier molecular flexibility index (Phi) is 6.87. The lowest BCUT2D eigenvalue weighted by molar-refractivity contribution is 0.0160. The number of likely N-dealkylation sites (tertiary alicyclic amines) is 1.